The Kier molecular flexibility index (Phi) is 4.71. The molecule has 27 heavy (non-hydrogen) atoms. The number of carbonyl (C=O) groups excluding carboxylic acids is 2. The van der Waals surface area contributed by atoms with Crippen LogP contribution in [-0.2, 0) is 0 Å². The van der Waals surface area contributed by atoms with Crippen LogP contribution < -0.4 is 15.7 Å². The Balaban J connectivity index is 1.88. The van der Waals surface area contributed by atoms with Gasteiger partial charge in [-0.05, 0) is 36.4 Å². The molecule has 0 saturated carbocycles. The number of hydrogen-bond acceptors (Lipinski definition) is 6. The molecule has 0 atom stereocenters. The maximum atomic E-state index is 12.3. The fraction of sp³-hybridized carbons (Fsp3) is 0.0526. The molecular weight excluding hydrogens is 354 g/mol. The van der Waals surface area contributed by atoms with Gasteiger partial charge in [-0.3, -0.25) is 14.9 Å². The van der Waals surface area contributed by atoms with Crippen molar-refractivity contribution in [2.45, 2.75) is 0 Å². The van der Waals surface area contributed by atoms with Crippen LogP contribution in [0, 0.1) is 0 Å². The van der Waals surface area contributed by atoms with Crippen molar-refractivity contribution in [3.8, 4) is 5.75 Å². The number of amides is 2. The van der Waals surface area contributed by atoms with E-state index in [2.05, 4.69) is 5.32 Å². The molecule has 0 unspecified atom stereocenters. The number of rotatable bonds is 4. The van der Waals surface area contributed by atoms with E-state index in [1.807, 2.05) is 0 Å². The molecule has 3 rings (SSSR count). The summed E-state index contributed by atoms with van der Waals surface area (Å²) in [5, 5.41) is 11.5. The third kappa shape index (κ3) is 3.69. The molecule has 0 bridgehead atoms. The smallest absolute Gasteiger partial charge is 0.349 e. The van der Waals surface area contributed by atoms with E-state index in [0.717, 1.165) is 6.07 Å². The Morgan fingerprint density at radius 2 is 1.74 bits per heavy atom. The summed E-state index contributed by atoms with van der Waals surface area (Å²) in [6.07, 6.45) is 0. The lowest BCUT2D eigenvalue weighted by Crippen LogP contribution is -2.33. The number of fused-ring (bicyclic) bond motifs is 1. The van der Waals surface area contributed by atoms with Crippen molar-refractivity contribution >= 4 is 28.8 Å². The number of nitrogens with one attached hydrogen (secondary N) is 1. The van der Waals surface area contributed by atoms with E-state index in [9.17, 15) is 19.2 Å². The molecule has 3 aromatic rings. The Hall–Kier alpha value is -3.94. The number of aromatic carboxylic acids is 1. The normalized spacial score (nSPS) is 10.4. The highest BCUT2D eigenvalue weighted by atomic mass is 16.5. The van der Waals surface area contributed by atoms with Crippen molar-refractivity contribution in [2.24, 2.45) is 0 Å². The summed E-state index contributed by atoms with van der Waals surface area (Å²) in [6.45, 7) is 0. The van der Waals surface area contributed by atoms with Crippen molar-refractivity contribution < 1.29 is 28.6 Å². The third-order valence-electron chi connectivity index (χ3n) is 3.79. The van der Waals surface area contributed by atoms with Gasteiger partial charge in [0.2, 0.25) is 0 Å². The minimum atomic E-state index is -1.21. The summed E-state index contributed by atoms with van der Waals surface area (Å²) in [5.74, 6) is -2.51. The number of carboxylic acid groups (broad SMARTS) is 1. The van der Waals surface area contributed by atoms with Crippen LogP contribution in [0.4, 0.5) is 0 Å². The van der Waals surface area contributed by atoms with Crippen LogP contribution in [0.5, 0.6) is 5.75 Å². The largest absolute Gasteiger partial charge is 0.497 e. The molecule has 2 N–H and O–H groups in total. The first-order valence-electron chi connectivity index (χ1n) is 7.70. The van der Waals surface area contributed by atoms with Crippen LogP contribution in [0.15, 0.2) is 57.7 Å². The molecule has 2 aromatic carbocycles. The highest BCUT2D eigenvalue weighted by molar-refractivity contribution is 6.11. The average molecular weight is 367 g/mol. The maximum Gasteiger partial charge on any atom is 0.349 e. The first-order valence-corrected chi connectivity index (χ1v) is 7.70. The summed E-state index contributed by atoms with van der Waals surface area (Å²) < 4.78 is 10.1. The first kappa shape index (κ1) is 17.9. The summed E-state index contributed by atoms with van der Waals surface area (Å²) in [7, 11) is 1.46. The van der Waals surface area contributed by atoms with Crippen LogP contribution >= 0.6 is 0 Å². The van der Waals surface area contributed by atoms with Gasteiger partial charge in [-0.2, -0.15) is 0 Å². The molecule has 1 aromatic heterocycles. The molecular formula is C19H13NO7. The van der Waals surface area contributed by atoms with Gasteiger partial charge in [0.15, 0.2) is 0 Å². The van der Waals surface area contributed by atoms with Gasteiger partial charge < -0.3 is 14.3 Å². The van der Waals surface area contributed by atoms with Crippen LogP contribution in [0.2, 0.25) is 0 Å². The molecule has 1 heterocycles. The lowest BCUT2D eigenvalue weighted by Gasteiger charge is -2.06. The van der Waals surface area contributed by atoms with Gasteiger partial charge in [0.05, 0.1) is 12.7 Å². The molecule has 0 radical (unpaired) electrons. The maximum absolute atomic E-state index is 12.3. The minimum absolute atomic E-state index is 0.0295. The number of methoxy groups -OCH3 is 1. The quantitative estimate of drug-likeness (QED) is 0.534. The SMILES string of the molecule is COc1ccc2cc(C(=O)NC(=O)c3cccc(C(=O)O)c3)c(=O)oc2c1. The fourth-order valence-electron chi connectivity index (χ4n) is 2.41. The number of benzene rings is 2. The van der Waals surface area contributed by atoms with Crippen LogP contribution in [0.25, 0.3) is 11.0 Å². The number of carboxylic acids is 1. The summed E-state index contributed by atoms with van der Waals surface area (Å²) >= 11 is 0. The first-order chi connectivity index (χ1) is 12.9. The van der Waals surface area contributed by atoms with Crippen molar-refractivity contribution in [3.63, 3.8) is 0 Å². The standard InChI is InChI=1S/C19H13NO7/c1-26-13-6-5-10-8-14(19(25)27-15(10)9-13)17(22)20-16(21)11-3-2-4-12(7-11)18(23)24/h2-9H,1H3,(H,23,24)(H,20,21,22). The zero-order chi connectivity index (χ0) is 19.6. The fourth-order valence-corrected chi connectivity index (χ4v) is 2.41. The summed E-state index contributed by atoms with van der Waals surface area (Å²) in [4.78, 5) is 47.5. The van der Waals surface area contributed by atoms with Crippen molar-refractivity contribution in [1.29, 1.82) is 0 Å². The van der Waals surface area contributed by atoms with Crippen LogP contribution in [-0.4, -0.2) is 30.0 Å². The second kappa shape index (κ2) is 7.12. The number of ether oxygens (including phenoxy) is 1. The van der Waals surface area contributed by atoms with Gasteiger partial charge in [0, 0.05) is 17.0 Å². The monoisotopic (exact) mass is 367 g/mol. The Labute approximate surface area is 152 Å². The van der Waals surface area contributed by atoms with Gasteiger partial charge in [0.1, 0.15) is 16.9 Å². The molecule has 8 nitrogen and oxygen atoms in total. The number of hydrogen-bond donors (Lipinski definition) is 2. The average Bonchev–Trinajstić information content (AvgIpc) is 2.66. The minimum Gasteiger partial charge on any atom is -0.497 e. The highest BCUT2D eigenvalue weighted by Crippen LogP contribution is 2.20. The molecule has 0 saturated heterocycles. The van der Waals surface area contributed by atoms with Crippen molar-refractivity contribution in [1.82, 2.24) is 5.32 Å². The number of carbonyl (C=O) groups is 3. The van der Waals surface area contributed by atoms with E-state index in [-0.39, 0.29) is 22.3 Å². The zero-order valence-corrected chi connectivity index (χ0v) is 14.0. The molecule has 0 aliphatic carbocycles. The van der Waals surface area contributed by atoms with E-state index in [1.165, 1.54) is 37.4 Å². The predicted octanol–water partition coefficient (Wildman–Crippen LogP) is 2.07. The summed E-state index contributed by atoms with van der Waals surface area (Å²) in [5.41, 5.74) is -1.17. The van der Waals surface area contributed by atoms with Gasteiger partial charge in [-0.15, -0.1) is 0 Å². The van der Waals surface area contributed by atoms with Gasteiger partial charge in [-0.25, -0.2) is 9.59 Å². The predicted molar refractivity (Wildman–Crippen MR) is 94.2 cm³/mol. The Morgan fingerprint density at radius 3 is 2.44 bits per heavy atom. The van der Waals surface area contributed by atoms with E-state index < -0.39 is 23.4 Å². The van der Waals surface area contributed by atoms with E-state index >= 15 is 0 Å². The van der Waals surface area contributed by atoms with E-state index in [0.29, 0.717) is 11.1 Å². The van der Waals surface area contributed by atoms with Crippen molar-refractivity contribution in [3.05, 3.63) is 75.6 Å². The van der Waals surface area contributed by atoms with Gasteiger partial charge in [-0.1, -0.05) is 6.07 Å². The lowest BCUT2D eigenvalue weighted by molar-refractivity contribution is 0.0696. The molecule has 0 fully saturated rings. The topological polar surface area (TPSA) is 123 Å². The zero-order valence-electron chi connectivity index (χ0n) is 14.0. The van der Waals surface area contributed by atoms with Gasteiger partial charge >= 0.3 is 11.6 Å². The van der Waals surface area contributed by atoms with E-state index in [1.54, 1.807) is 12.1 Å². The van der Waals surface area contributed by atoms with E-state index in [4.69, 9.17) is 14.3 Å². The second-order valence-electron chi connectivity index (χ2n) is 5.52. The number of imide groups is 1. The molecule has 136 valence electrons. The van der Waals surface area contributed by atoms with Crippen LogP contribution in [0.3, 0.4) is 0 Å². The van der Waals surface area contributed by atoms with Crippen LogP contribution in [0.1, 0.15) is 31.1 Å². The third-order valence-corrected chi connectivity index (χ3v) is 3.79. The second-order valence-corrected chi connectivity index (χ2v) is 5.52. The Morgan fingerprint density at radius 1 is 1.00 bits per heavy atom. The Bertz CT molecular complexity index is 1130. The highest BCUT2D eigenvalue weighted by Gasteiger charge is 2.18. The van der Waals surface area contributed by atoms with Gasteiger partial charge in [0.25, 0.3) is 11.8 Å². The molecule has 0 aliphatic rings. The summed E-state index contributed by atoms with van der Waals surface area (Å²) in [6, 6.07) is 11.2. The molecule has 8 heteroatoms. The molecule has 2 amide bonds. The van der Waals surface area contributed by atoms with Crippen molar-refractivity contribution in [2.75, 3.05) is 7.11 Å². The molecule has 0 spiro atoms. The lowest BCUT2D eigenvalue weighted by atomic mass is 10.1. The molecule has 0 aliphatic heterocycles.